The van der Waals surface area contributed by atoms with E-state index in [0.717, 1.165) is 35.9 Å². The number of hydrogen-bond acceptors (Lipinski definition) is 5. The number of hydrogen-bond donors (Lipinski definition) is 1. The maximum Gasteiger partial charge on any atom is 0.175 e. The van der Waals surface area contributed by atoms with E-state index in [1.165, 1.54) is 10.9 Å². The number of benzene rings is 1. The van der Waals surface area contributed by atoms with E-state index in [9.17, 15) is 4.39 Å². The molecule has 8 nitrogen and oxygen atoms in total. The molecule has 0 spiro atoms. The highest BCUT2D eigenvalue weighted by atomic mass is 19.1. The maximum absolute atomic E-state index is 14.5. The monoisotopic (exact) mass is 340 g/mol. The van der Waals surface area contributed by atoms with Crippen LogP contribution in [0.3, 0.4) is 0 Å². The number of nitrogens with zero attached hydrogens (tertiary/aromatic N) is 7. The minimum Gasteiger partial charge on any atom is -0.301 e. The van der Waals surface area contributed by atoms with Gasteiger partial charge in [0.1, 0.15) is 17.5 Å². The number of aryl methyl sites for hydroxylation is 2. The second-order valence-electron chi connectivity index (χ2n) is 5.93. The summed E-state index contributed by atoms with van der Waals surface area (Å²) in [6.07, 6.45) is 4.84. The molecule has 2 aromatic heterocycles. The van der Waals surface area contributed by atoms with Crippen molar-refractivity contribution >= 4 is 5.84 Å². The van der Waals surface area contributed by atoms with E-state index < -0.39 is 0 Å². The Morgan fingerprint density at radius 1 is 1.32 bits per heavy atom. The topological polar surface area (TPSA) is 85.8 Å². The summed E-state index contributed by atoms with van der Waals surface area (Å²) >= 11 is 0. The third-order valence-electron chi connectivity index (χ3n) is 4.24. The highest BCUT2D eigenvalue weighted by Gasteiger charge is 2.17. The summed E-state index contributed by atoms with van der Waals surface area (Å²) in [6.45, 7) is 3.77. The summed E-state index contributed by atoms with van der Waals surface area (Å²) in [5.74, 6) is 1.99. The van der Waals surface area contributed by atoms with E-state index in [0.29, 0.717) is 5.69 Å². The number of nitrogens with one attached hydrogen (secondary N) is 1. The molecule has 25 heavy (non-hydrogen) atoms. The van der Waals surface area contributed by atoms with Gasteiger partial charge in [-0.3, -0.25) is 10.4 Å². The van der Waals surface area contributed by atoms with E-state index in [2.05, 4.69) is 30.9 Å². The number of imidazole rings is 1. The fourth-order valence-electron chi connectivity index (χ4n) is 2.87. The lowest BCUT2D eigenvalue weighted by atomic mass is 10.1. The van der Waals surface area contributed by atoms with Gasteiger partial charge in [-0.2, -0.15) is 0 Å². The van der Waals surface area contributed by atoms with Crippen LogP contribution in [0, 0.1) is 12.7 Å². The average Bonchev–Trinajstić information content (AvgIpc) is 3.23. The minimum absolute atomic E-state index is 0.187. The van der Waals surface area contributed by atoms with Crippen LogP contribution in [0.4, 0.5) is 4.39 Å². The molecule has 0 aliphatic carbocycles. The lowest BCUT2D eigenvalue weighted by Gasteiger charge is -2.18. The number of aromatic nitrogens is 6. The van der Waals surface area contributed by atoms with Crippen LogP contribution in [0.15, 0.2) is 35.6 Å². The Labute approximate surface area is 143 Å². The number of tetrazole rings is 1. The number of rotatable bonds is 3. The van der Waals surface area contributed by atoms with Crippen LogP contribution < -0.4 is 5.43 Å². The van der Waals surface area contributed by atoms with E-state index in [1.54, 1.807) is 23.0 Å². The Morgan fingerprint density at radius 3 is 2.96 bits per heavy atom. The smallest absolute Gasteiger partial charge is 0.175 e. The molecular formula is C16H17FN8. The summed E-state index contributed by atoms with van der Waals surface area (Å²) < 4.78 is 16.3. The predicted octanol–water partition coefficient (Wildman–Crippen LogP) is 1.96. The Balaban J connectivity index is 1.57. The first-order valence-corrected chi connectivity index (χ1v) is 8.02. The first kappa shape index (κ1) is 15.4. The van der Waals surface area contributed by atoms with Gasteiger partial charge in [-0.05, 0) is 42.0 Å². The van der Waals surface area contributed by atoms with E-state index in [4.69, 9.17) is 0 Å². The molecule has 128 valence electrons. The molecule has 1 atom stereocenters. The largest absolute Gasteiger partial charge is 0.301 e. The van der Waals surface area contributed by atoms with Crippen LogP contribution in [-0.2, 0) is 6.42 Å². The molecule has 3 heterocycles. The van der Waals surface area contributed by atoms with E-state index >= 15 is 0 Å². The summed E-state index contributed by atoms with van der Waals surface area (Å²) in [7, 11) is 0. The molecule has 1 aliphatic heterocycles. The molecule has 0 bridgehead atoms. The second kappa shape index (κ2) is 6.08. The number of halogens is 1. The lowest BCUT2D eigenvalue weighted by Crippen LogP contribution is -2.31. The number of fused-ring (bicyclic) bond motifs is 1. The van der Waals surface area contributed by atoms with Crippen molar-refractivity contribution in [3.63, 3.8) is 0 Å². The average molecular weight is 340 g/mol. The molecule has 0 saturated heterocycles. The fraction of sp³-hybridized carbons (Fsp3) is 0.312. The van der Waals surface area contributed by atoms with E-state index in [1.807, 2.05) is 19.9 Å². The summed E-state index contributed by atoms with van der Waals surface area (Å²) in [5.41, 5.74) is 4.34. The molecule has 0 amide bonds. The fourth-order valence-corrected chi connectivity index (χ4v) is 2.87. The molecule has 1 N–H and O–H groups in total. The highest BCUT2D eigenvalue weighted by Crippen LogP contribution is 2.23. The van der Waals surface area contributed by atoms with Crippen molar-refractivity contribution in [2.75, 3.05) is 5.43 Å². The standard InChI is InChI=1S/C16H17FN8/c1-10(19-15-5-6-16-20-22-23-25(16)21-15)12-3-4-14(13(17)9-12)24-8-7-18-11(24)2/h3-4,7-10H,5-6H2,1-2H3,(H,19,21). The number of amidine groups is 1. The van der Waals surface area contributed by atoms with Gasteiger partial charge in [-0.15, -0.1) is 9.89 Å². The van der Waals surface area contributed by atoms with Crippen molar-refractivity contribution < 1.29 is 4.39 Å². The van der Waals surface area contributed by atoms with Gasteiger partial charge in [-0.1, -0.05) is 6.07 Å². The van der Waals surface area contributed by atoms with Gasteiger partial charge in [0.2, 0.25) is 0 Å². The first-order chi connectivity index (χ1) is 12.1. The molecule has 0 fully saturated rings. The van der Waals surface area contributed by atoms with Crippen molar-refractivity contribution in [1.82, 2.24) is 29.9 Å². The third kappa shape index (κ3) is 2.88. The zero-order valence-electron chi connectivity index (χ0n) is 13.9. The van der Waals surface area contributed by atoms with Crippen LogP contribution in [0.1, 0.15) is 36.6 Å². The molecule has 1 unspecified atom stereocenters. The van der Waals surface area contributed by atoms with Crippen molar-refractivity contribution in [3.05, 3.63) is 53.6 Å². The SMILES string of the molecule is Cc1nccn1-c1ccc(C(C)N=C2CCc3nnnn3N2)cc1F. The Bertz CT molecular complexity index is 941. The van der Waals surface area contributed by atoms with Gasteiger partial charge in [0, 0.05) is 25.2 Å². The zero-order valence-corrected chi connectivity index (χ0v) is 13.9. The van der Waals surface area contributed by atoms with Gasteiger partial charge >= 0.3 is 0 Å². The van der Waals surface area contributed by atoms with E-state index in [-0.39, 0.29) is 11.9 Å². The van der Waals surface area contributed by atoms with Crippen molar-refractivity contribution in [2.24, 2.45) is 4.99 Å². The van der Waals surface area contributed by atoms with Gasteiger partial charge in [0.25, 0.3) is 0 Å². The van der Waals surface area contributed by atoms with Gasteiger partial charge in [0.05, 0.1) is 11.7 Å². The normalized spacial score (nSPS) is 16.5. The first-order valence-electron chi connectivity index (χ1n) is 8.02. The molecule has 4 rings (SSSR count). The number of aliphatic imine (C=N–C) groups is 1. The predicted molar refractivity (Wildman–Crippen MR) is 89.6 cm³/mol. The highest BCUT2D eigenvalue weighted by molar-refractivity contribution is 5.90. The Hall–Kier alpha value is -3.10. The van der Waals surface area contributed by atoms with Crippen LogP contribution in [0.25, 0.3) is 5.69 Å². The lowest BCUT2D eigenvalue weighted by molar-refractivity contribution is 0.611. The molecule has 1 aromatic carbocycles. The Kier molecular flexibility index (Phi) is 3.75. The van der Waals surface area contributed by atoms with Crippen LogP contribution in [-0.4, -0.2) is 35.7 Å². The van der Waals surface area contributed by atoms with Gasteiger partial charge < -0.3 is 4.57 Å². The molecule has 9 heteroatoms. The van der Waals surface area contributed by atoms with Crippen LogP contribution >= 0.6 is 0 Å². The molecule has 0 saturated carbocycles. The molecule has 3 aromatic rings. The zero-order chi connectivity index (χ0) is 17.4. The van der Waals surface area contributed by atoms with Crippen molar-refractivity contribution in [1.29, 1.82) is 0 Å². The summed E-state index contributed by atoms with van der Waals surface area (Å²) in [5, 5.41) is 11.4. The third-order valence-corrected chi connectivity index (χ3v) is 4.24. The van der Waals surface area contributed by atoms with Gasteiger partial charge in [-0.25, -0.2) is 9.37 Å². The van der Waals surface area contributed by atoms with Crippen LogP contribution in [0.2, 0.25) is 0 Å². The van der Waals surface area contributed by atoms with Crippen molar-refractivity contribution in [2.45, 2.75) is 32.7 Å². The van der Waals surface area contributed by atoms with Crippen molar-refractivity contribution in [3.8, 4) is 5.69 Å². The summed E-state index contributed by atoms with van der Waals surface area (Å²) in [4.78, 5) is 10.3. The second-order valence-corrected chi connectivity index (χ2v) is 5.93. The maximum atomic E-state index is 14.5. The molecule has 1 aliphatic rings. The minimum atomic E-state index is -0.301. The molecular weight excluding hydrogens is 323 g/mol. The quantitative estimate of drug-likeness (QED) is 0.788. The van der Waals surface area contributed by atoms with Gasteiger partial charge in [0.15, 0.2) is 5.82 Å². The van der Waals surface area contributed by atoms with Crippen LogP contribution in [0.5, 0.6) is 0 Å². The molecule has 0 radical (unpaired) electrons. The summed E-state index contributed by atoms with van der Waals surface area (Å²) in [6, 6.07) is 4.98. The Morgan fingerprint density at radius 2 is 2.20 bits per heavy atom.